The number of benzene rings is 2. The Bertz CT molecular complexity index is 1120. The Morgan fingerprint density at radius 1 is 1.14 bits per heavy atom. The first-order valence-electron chi connectivity index (χ1n) is 11.7. The van der Waals surface area contributed by atoms with Crippen molar-refractivity contribution < 1.29 is 19.1 Å². The highest BCUT2D eigenvalue weighted by Gasteiger charge is 2.35. The number of carbonyl (C=O) groups excluding carboxylic acids is 3. The predicted molar refractivity (Wildman–Crippen MR) is 140 cm³/mol. The molecule has 8 nitrogen and oxygen atoms in total. The van der Waals surface area contributed by atoms with E-state index < -0.39 is 35.6 Å². The lowest BCUT2D eigenvalue weighted by atomic mass is 10.0. The van der Waals surface area contributed by atoms with E-state index in [-0.39, 0.29) is 6.54 Å². The maximum atomic E-state index is 13.6. The van der Waals surface area contributed by atoms with Gasteiger partial charge in [-0.25, -0.2) is 4.79 Å². The van der Waals surface area contributed by atoms with Gasteiger partial charge in [-0.15, -0.1) is 0 Å². The number of anilines is 1. The van der Waals surface area contributed by atoms with E-state index in [2.05, 4.69) is 10.6 Å². The zero-order valence-corrected chi connectivity index (χ0v) is 22.3. The second-order valence-electron chi connectivity index (χ2n) is 9.41. The van der Waals surface area contributed by atoms with Gasteiger partial charge in [0.25, 0.3) is 5.91 Å². The molecule has 0 fully saturated rings. The van der Waals surface area contributed by atoms with Crippen LogP contribution in [0.4, 0.5) is 10.5 Å². The van der Waals surface area contributed by atoms with Crippen molar-refractivity contribution in [3.8, 4) is 6.07 Å². The molecule has 0 aliphatic heterocycles. The molecule has 0 spiro atoms. The predicted octanol–water partition coefficient (Wildman–Crippen LogP) is 5.16. The molecule has 3 amide bonds. The first-order valence-corrected chi connectivity index (χ1v) is 12.1. The van der Waals surface area contributed by atoms with Crippen LogP contribution in [0.3, 0.4) is 0 Å². The van der Waals surface area contributed by atoms with Gasteiger partial charge in [0.05, 0.1) is 16.8 Å². The van der Waals surface area contributed by atoms with Crippen LogP contribution in [0.15, 0.2) is 42.5 Å². The van der Waals surface area contributed by atoms with Crippen LogP contribution in [-0.4, -0.2) is 41.0 Å². The SMILES string of the molecule is CCc1ccc(C(C(=O)Nc2c(C)cccc2Cl)N(CC#N)C(=O)C(C)NC(=O)OC(C)(C)C)cc1. The molecule has 9 heteroatoms. The summed E-state index contributed by atoms with van der Waals surface area (Å²) in [5, 5.41) is 15.2. The standard InChI is InChI=1S/C27H33ClN4O4/c1-7-19-11-13-20(14-12-19)23(24(33)31-22-17(2)9-8-10-21(22)28)32(16-15-29)25(34)18(3)30-26(35)36-27(4,5)6/h8-14,18,23H,7,16H2,1-6H3,(H,30,35)(H,31,33). The molecular formula is C27H33ClN4O4. The van der Waals surface area contributed by atoms with Crippen molar-refractivity contribution >= 4 is 35.2 Å². The van der Waals surface area contributed by atoms with Crippen LogP contribution in [0.5, 0.6) is 0 Å². The fourth-order valence-electron chi connectivity index (χ4n) is 3.56. The number of nitriles is 1. The maximum Gasteiger partial charge on any atom is 0.408 e. The number of nitrogens with zero attached hydrogens (tertiary/aromatic N) is 2. The number of ether oxygens (including phenoxy) is 1. The van der Waals surface area contributed by atoms with Crippen LogP contribution in [0.25, 0.3) is 0 Å². The number of rotatable bonds is 8. The van der Waals surface area contributed by atoms with E-state index in [9.17, 15) is 19.6 Å². The lowest BCUT2D eigenvalue weighted by Gasteiger charge is -2.32. The third kappa shape index (κ3) is 7.72. The first kappa shape index (κ1) is 28.7. The molecule has 0 aliphatic carbocycles. The van der Waals surface area contributed by atoms with Gasteiger partial charge in [0.15, 0.2) is 0 Å². The number of carbonyl (C=O) groups is 3. The summed E-state index contributed by atoms with van der Waals surface area (Å²) in [6.07, 6.45) is 0.0217. The minimum absolute atomic E-state index is 0.349. The summed E-state index contributed by atoms with van der Waals surface area (Å²) < 4.78 is 5.24. The third-order valence-corrected chi connectivity index (χ3v) is 5.68. The molecule has 0 bridgehead atoms. The molecule has 2 N–H and O–H groups in total. The molecule has 0 aliphatic rings. The largest absolute Gasteiger partial charge is 0.444 e. The second kappa shape index (κ2) is 12.4. The number of para-hydroxylation sites is 1. The molecule has 2 rings (SSSR count). The van der Waals surface area contributed by atoms with Gasteiger partial charge in [-0.2, -0.15) is 5.26 Å². The molecule has 2 aromatic carbocycles. The zero-order chi connectivity index (χ0) is 27.0. The summed E-state index contributed by atoms with van der Waals surface area (Å²) in [5.41, 5.74) is 1.98. The van der Waals surface area contributed by atoms with Crippen molar-refractivity contribution in [2.45, 2.75) is 65.6 Å². The van der Waals surface area contributed by atoms with Gasteiger partial charge >= 0.3 is 6.09 Å². The second-order valence-corrected chi connectivity index (χ2v) is 9.82. The van der Waals surface area contributed by atoms with Crippen LogP contribution in [0.1, 0.15) is 57.4 Å². The Morgan fingerprint density at radius 3 is 2.31 bits per heavy atom. The van der Waals surface area contributed by atoms with E-state index in [1.165, 1.54) is 6.92 Å². The number of hydrogen-bond acceptors (Lipinski definition) is 5. The Hall–Kier alpha value is -3.57. The van der Waals surface area contributed by atoms with Gasteiger partial charge in [0.1, 0.15) is 24.2 Å². The van der Waals surface area contributed by atoms with Crippen LogP contribution >= 0.6 is 11.6 Å². The minimum Gasteiger partial charge on any atom is -0.444 e. The highest BCUT2D eigenvalue weighted by Crippen LogP contribution is 2.29. The van der Waals surface area contributed by atoms with Gasteiger partial charge in [0.2, 0.25) is 5.91 Å². The Kier molecular flexibility index (Phi) is 9.88. The highest BCUT2D eigenvalue weighted by molar-refractivity contribution is 6.34. The number of halogens is 1. The Morgan fingerprint density at radius 2 is 1.78 bits per heavy atom. The van der Waals surface area contributed by atoms with Crippen molar-refractivity contribution in [2.24, 2.45) is 0 Å². The van der Waals surface area contributed by atoms with Gasteiger partial charge in [-0.3, -0.25) is 9.59 Å². The van der Waals surface area contributed by atoms with Crippen molar-refractivity contribution in [3.63, 3.8) is 0 Å². The van der Waals surface area contributed by atoms with E-state index in [4.69, 9.17) is 16.3 Å². The molecule has 2 unspecified atom stereocenters. The molecule has 192 valence electrons. The van der Waals surface area contributed by atoms with Gasteiger partial charge in [-0.1, -0.05) is 54.9 Å². The zero-order valence-electron chi connectivity index (χ0n) is 21.5. The summed E-state index contributed by atoms with van der Waals surface area (Å²) in [7, 11) is 0. The maximum absolute atomic E-state index is 13.6. The molecule has 0 saturated carbocycles. The molecule has 0 heterocycles. The van der Waals surface area contributed by atoms with Crippen LogP contribution in [-0.2, 0) is 20.7 Å². The fraction of sp³-hybridized carbons (Fsp3) is 0.407. The summed E-state index contributed by atoms with van der Waals surface area (Å²) in [4.78, 5) is 40.5. The molecule has 0 radical (unpaired) electrons. The van der Waals surface area contributed by atoms with Crippen molar-refractivity contribution in [1.82, 2.24) is 10.2 Å². The topological polar surface area (TPSA) is 112 Å². The van der Waals surface area contributed by atoms with Gasteiger partial charge < -0.3 is 20.3 Å². The molecule has 2 aromatic rings. The molecule has 2 atom stereocenters. The normalized spacial score (nSPS) is 12.6. The Labute approximate surface area is 217 Å². The fourth-order valence-corrected chi connectivity index (χ4v) is 3.83. The number of alkyl carbamates (subject to hydrolysis) is 1. The quantitative estimate of drug-likeness (QED) is 0.475. The van der Waals surface area contributed by atoms with E-state index in [0.29, 0.717) is 16.3 Å². The molecule has 36 heavy (non-hydrogen) atoms. The van der Waals surface area contributed by atoms with Gasteiger partial charge in [0, 0.05) is 0 Å². The average Bonchev–Trinajstić information content (AvgIpc) is 2.79. The van der Waals surface area contributed by atoms with Crippen LogP contribution in [0, 0.1) is 18.3 Å². The number of hydrogen-bond donors (Lipinski definition) is 2. The Balaban J connectivity index is 2.45. The first-order chi connectivity index (χ1) is 16.9. The summed E-state index contributed by atoms with van der Waals surface area (Å²) >= 11 is 6.32. The number of aryl methyl sites for hydroxylation is 2. The molecular weight excluding hydrogens is 480 g/mol. The highest BCUT2D eigenvalue weighted by atomic mass is 35.5. The number of nitrogens with one attached hydrogen (secondary N) is 2. The molecule has 0 saturated heterocycles. The number of amides is 3. The average molecular weight is 513 g/mol. The lowest BCUT2D eigenvalue weighted by Crippen LogP contribution is -2.51. The lowest BCUT2D eigenvalue weighted by molar-refractivity contribution is -0.139. The summed E-state index contributed by atoms with van der Waals surface area (Å²) in [6, 6.07) is 12.2. The van der Waals surface area contributed by atoms with Crippen LogP contribution < -0.4 is 10.6 Å². The summed E-state index contributed by atoms with van der Waals surface area (Å²) in [5.74, 6) is -1.15. The molecule has 0 aromatic heterocycles. The summed E-state index contributed by atoms with van der Waals surface area (Å²) in [6.45, 7) is 10.0. The van der Waals surface area contributed by atoms with Gasteiger partial charge in [-0.05, 0) is 63.8 Å². The van der Waals surface area contributed by atoms with Crippen LogP contribution in [0.2, 0.25) is 5.02 Å². The van der Waals surface area contributed by atoms with E-state index in [1.807, 2.05) is 25.1 Å². The third-order valence-electron chi connectivity index (χ3n) is 5.36. The minimum atomic E-state index is -1.15. The van der Waals surface area contributed by atoms with Crippen molar-refractivity contribution in [2.75, 3.05) is 11.9 Å². The van der Waals surface area contributed by atoms with Crippen molar-refractivity contribution in [3.05, 3.63) is 64.2 Å². The van der Waals surface area contributed by atoms with Crippen molar-refractivity contribution in [1.29, 1.82) is 5.26 Å². The van der Waals surface area contributed by atoms with E-state index >= 15 is 0 Å². The monoisotopic (exact) mass is 512 g/mol. The smallest absolute Gasteiger partial charge is 0.408 e. The van der Waals surface area contributed by atoms with E-state index in [0.717, 1.165) is 22.4 Å². The van der Waals surface area contributed by atoms with E-state index in [1.54, 1.807) is 58.0 Å².